The lowest BCUT2D eigenvalue weighted by atomic mass is 10.1. The highest BCUT2D eigenvalue weighted by Gasteiger charge is 2.13. The second-order valence-corrected chi connectivity index (χ2v) is 6.79. The minimum atomic E-state index is -0.220. The molecular formula is C24H25N3O4. The van der Waals surface area contributed by atoms with E-state index in [0.29, 0.717) is 36.8 Å². The highest BCUT2D eigenvalue weighted by molar-refractivity contribution is 5.96. The Morgan fingerprint density at radius 3 is 2.48 bits per heavy atom. The third-order valence-corrected chi connectivity index (χ3v) is 4.89. The first kappa shape index (κ1) is 21.8. The summed E-state index contributed by atoms with van der Waals surface area (Å²) in [6.07, 6.45) is 5.69. The van der Waals surface area contributed by atoms with Gasteiger partial charge in [0.05, 0.1) is 33.8 Å². The van der Waals surface area contributed by atoms with Gasteiger partial charge >= 0.3 is 0 Å². The van der Waals surface area contributed by atoms with Crippen molar-refractivity contribution in [3.8, 4) is 23.3 Å². The Bertz CT molecular complexity index is 1120. The first-order valence-electron chi connectivity index (χ1n) is 9.80. The predicted octanol–water partition coefficient (Wildman–Crippen LogP) is 3.91. The average Bonchev–Trinajstić information content (AvgIpc) is 3.16. The molecule has 0 radical (unpaired) electrons. The van der Waals surface area contributed by atoms with Crippen molar-refractivity contribution >= 4 is 22.9 Å². The highest BCUT2D eigenvalue weighted by atomic mass is 16.5. The van der Waals surface area contributed by atoms with Gasteiger partial charge in [-0.3, -0.25) is 4.79 Å². The number of benzene rings is 2. The van der Waals surface area contributed by atoms with Crippen molar-refractivity contribution in [1.82, 2.24) is 9.88 Å². The number of methoxy groups -OCH3 is 3. The highest BCUT2D eigenvalue weighted by Crippen LogP contribution is 2.38. The van der Waals surface area contributed by atoms with Crippen LogP contribution >= 0.6 is 0 Å². The summed E-state index contributed by atoms with van der Waals surface area (Å²) in [5.41, 5.74) is 2.79. The maximum absolute atomic E-state index is 12.4. The fourth-order valence-corrected chi connectivity index (χ4v) is 3.41. The van der Waals surface area contributed by atoms with Gasteiger partial charge in [-0.2, -0.15) is 5.26 Å². The molecule has 0 aliphatic carbocycles. The molecule has 0 saturated carbocycles. The molecule has 2 aromatic carbocycles. The molecule has 31 heavy (non-hydrogen) atoms. The molecule has 0 fully saturated rings. The maximum Gasteiger partial charge on any atom is 0.244 e. The van der Waals surface area contributed by atoms with Gasteiger partial charge in [0.25, 0.3) is 0 Å². The lowest BCUT2D eigenvalue weighted by Crippen LogP contribution is -2.20. The summed E-state index contributed by atoms with van der Waals surface area (Å²) in [6.45, 7) is 0.919. The molecule has 3 aromatic rings. The van der Waals surface area contributed by atoms with E-state index in [4.69, 9.17) is 19.5 Å². The third kappa shape index (κ3) is 4.98. The van der Waals surface area contributed by atoms with Crippen molar-refractivity contribution in [3.63, 3.8) is 0 Å². The van der Waals surface area contributed by atoms with E-state index in [2.05, 4.69) is 11.4 Å². The van der Waals surface area contributed by atoms with Crippen LogP contribution in [-0.4, -0.2) is 31.8 Å². The molecule has 1 aromatic heterocycles. The normalized spacial score (nSPS) is 10.8. The summed E-state index contributed by atoms with van der Waals surface area (Å²) in [7, 11) is 4.65. The number of carbonyl (C=O) groups is 1. The smallest absolute Gasteiger partial charge is 0.244 e. The minimum absolute atomic E-state index is 0.220. The fraction of sp³-hybridized carbons (Fsp3) is 0.250. The van der Waals surface area contributed by atoms with Crippen LogP contribution in [0.2, 0.25) is 0 Å². The average molecular weight is 419 g/mol. The van der Waals surface area contributed by atoms with Crippen LogP contribution in [0.15, 0.2) is 48.7 Å². The summed E-state index contributed by atoms with van der Waals surface area (Å²) < 4.78 is 18.1. The molecule has 0 bridgehead atoms. The standard InChI is InChI=1S/C24H25N3O4/c1-29-21-13-17(14-22(30-2)24(21)31-3)15-26-23(28)10-9-18-16-27(12-6-11-25)20-8-5-4-7-19(18)20/h4-5,7-10,13-14,16H,6,12,15H2,1-3H3,(H,26,28)/b10-9+. The number of aryl methyl sites for hydroxylation is 1. The van der Waals surface area contributed by atoms with Gasteiger partial charge in [-0.1, -0.05) is 18.2 Å². The molecule has 0 aliphatic heterocycles. The van der Waals surface area contributed by atoms with Crippen LogP contribution in [-0.2, 0) is 17.9 Å². The Hall–Kier alpha value is -3.92. The number of nitrogens with zero attached hydrogens (tertiary/aromatic N) is 2. The Morgan fingerprint density at radius 1 is 1.13 bits per heavy atom. The Balaban J connectivity index is 1.73. The van der Waals surface area contributed by atoms with Gasteiger partial charge in [0.2, 0.25) is 11.7 Å². The lowest BCUT2D eigenvalue weighted by Gasteiger charge is -2.14. The number of amides is 1. The topological polar surface area (TPSA) is 85.5 Å². The van der Waals surface area contributed by atoms with E-state index in [-0.39, 0.29) is 5.91 Å². The van der Waals surface area contributed by atoms with Crippen LogP contribution in [0.4, 0.5) is 0 Å². The van der Waals surface area contributed by atoms with Gasteiger partial charge < -0.3 is 24.1 Å². The third-order valence-electron chi connectivity index (χ3n) is 4.89. The molecular weight excluding hydrogens is 394 g/mol. The number of ether oxygens (including phenoxy) is 3. The Morgan fingerprint density at radius 2 is 1.84 bits per heavy atom. The number of aromatic nitrogens is 1. The van der Waals surface area contributed by atoms with Crippen LogP contribution in [0.5, 0.6) is 17.2 Å². The van der Waals surface area contributed by atoms with E-state index in [9.17, 15) is 4.79 Å². The van der Waals surface area contributed by atoms with Crippen molar-refractivity contribution in [1.29, 1.82) is 5.26 Å². The number of rotatable bonds is 9. The molecule has 3 rings (SSSR count). The quantitative estimate of drug-likeness (QED) is 0.532. The summed E-state index contributed by atoms with van der Waals surface area (Å²) in [5.74, 6) is 1.36. The van der Waals surface area contributed by atoms with Crippen LogP contribution in [0.25, 0.3) is 17.0 Å². The molecule has 1 amide bonds. The van der Waals surface area contributed by atoms with E-state index in [1.807, 2.05) is 35.0 Å². The first-order valence-corrected chi connectivity index (χ1v) is 9.80. The SMILES string of the molecule is COc1cc(CNC(=O)/C=C/c2cn(CCC#N)c3ccccc23)cc(OC)c1OC. The second kappa shape index (κ2) is 10.2. The number of fused-ring (bicyclic) bond motifs is 1. The van der Waals surface area contributed by atoms with Crippen molar-refractivity contribution in [2.45, 2.75) is 19.5 Å². The Kier molecular flexibility index (Phi) is 7.17. The summed E-state index contributed by atoms with van der Waals surface area (Å²) in [6, 6.07) is 13.7. The molecule has 160 valence electrons. The second-order valence-electron chi connectivity index (χ2n) is 6.79. The molecule has 7 nitrogen and oxygen atoms in total. The summed E-state index contributed by atoms with van der Waals surface area (Å²) in [5, 5.41) is 12.8. The first-order chi connectivity index (χ1) is 15.1. The number of hydrogen-bond acceptors (Lipinski definition) is 5. The molecule has 1 heterocycles. The number of carbonyl (C=O) groups excluding carboxylic acids is 1. The summed E-state index contributed by atoms with van der Waals surface area (Å²) in [4.78, 5) is 12.4. The zero-order valence-electron chi connectivity index (χ0n) is 17.8. The van der Waals surface area contributed by atoms with Crippen molar-refractivity contribution in [2.24, 2.45) is 0 Å². The molecule has 0 atom stereocenters. The fourth-order valence-electron chi connectivity index (χ4n) is 3.41. The van der Waals surface area contributed by atoms with E-state index in [0.717, 1.165) is 22.0 Å². The monoisotopic (exact) mass is 419 g/mol. The predicted molar refractivity (Wildman–Crippen MR) is 119 cm³/mol. The molecule has 0 spiro atoms. The molecule has 0 unspecified atom stereocenters. The van der Waals surface area contributed by atoms with E-state index in [1.54, 1.807) is 39.5 Å². The molecule has 7 heteroatoms. The number of hydrogen-bond donors (Lipinski definition) is 1. The maximum atomic E-state index is 12.4. The van der Waals surface area contributed by atoms with E-state index >= 15 is 0 Å². The van der Waals surface area contributed by atoms with Gasteiger partial charge in [-0.05, 0) is 29.8 Å². The van der Waals surface area contributed by atoms with Crippen LogP contribution in [0, 0.1) is 11.3 Å². The molecule has 0 saturated heterocycles. The zero-order valence-corrected chi connectivity index (χ0v) is 17.8. The van der Waals surface area contributed by atoms with Crippen molar-refractivity contribution in [3.05, 3.63) is 59.8 Å². The van der Waals surface area contributed by atoms with Gasteiger partial charge in [0, 0.05) is 41.8 Å². The van der Waals surface area contributed by atoms with Crippen LogP contribution < -0.4 is 19.5 Å². The van der Waals surface area contributed by atoms with Crippen molar-refractivity contribution in [2.75, 3.05) is 21.3 Å². The lowest BCUT2D eigenvalue weighted by molar-refractivity contribution is -0.116. The zero-order chi connectivity index (χ0) is 22.2. The molecule has 0 aliphatic rings. The van der Waals surface area contributed by atoms with Crippen molar-refractivity contribution < 1.29 is 19.0 Å². The number of nitrogens with one attached hydrogen (secondary N) is 1. The van der Waals surface area contributed by atoms with Gasteiger partial charge in [-0.25, -0.2) is 0 Å². The van der Waals surface area contributed by atoms with Gasteiger partial charge in [-0.15, -0.1) is 0 Å². The number of para-hydroxylation sites is 1. The van der Waals surface area contributed by atoms with E-state index in [1.165, 1.54) is 6.08 Å². The van der Waals surface area contributed by atoms with E-state index < -0.39 is 0 Å². The Labute approximate surface area is 181 Å². The summed E-state index contributed by atoms with van der Waals surface area (Å²) >= 11 is 0. The van der Waals surface area contributed by atoms with Crippen LogP contribution in [0.1, 0.15) is 17.5 Å². The minimum Gasteiger partial charge on any atom is -0.493 e. The van der Waals surface area contributed by atoms with Crippen LogP contribution in [0.3, 0.4) is 0 Å². The largest absolute Gasteiger partial charge is 0.493 e. The number of nitriles is 1. The van der Waals surface area contributed by atoms with Gasteiger partial charge in [0.1, 0.15) is 0 Å². The molecule has 1 N–H and O–H groups in total. The van der Waals surface area contributed by atoms with Gasteiger partial charge in [0.15, 0.2) is 11.5 Å².